The number of anilines is 1. The van der Waals surface area contributed by atoms with Crippen LogP contribution < -0.4 is 10.6 Å². The molecule has 0 radical (unpaired) electrons. The summed E-state index contributed by atoms with van der Waals surface area (Å²) >= 11 is 0. The smallest absolute Gasteiger partial charge is 0.251 e. The van der Waals surface area contributed by atoms with Crippen LogP contribution in [0.25, 0.3) is 0 Å². The number of amides is 2. The number of carbonyl (C=O) groups is 2. The molecule has 2 bridgehead atoms. The molecule has 2 amide bonds. The first-order chi connectivity index (χ1) is 11.2. The lowest BCUT2D eigenvalue weighted by atomic mass is 9.86. The number of hydrogen-bond donors (Lipinski definition) is 2. The fraction of sp³-hybridized carbons (Fsp3) is 0.579. The standard InChI is InChI=1S/C19H24N2O2/c22-18(11-15-10-12-1-2-14(15)9-12)20-16-5-3-13(4-6-16)19(23)21-17-7-8-17/h3-6,12,14-15,17H,1-2,7-11H2,(H,20,22)(H,21,23). The van der Waals surface area contributed by atoms with Crippen molar-refractivity contribution in [2.75, 3.05) is 5.32 Å². The van der Waals surface area contributed by atoms with E-state index in [1.165, 1.54) is 25.7 Å². The third-order valence-electron chi connectivity index (χ3n) is 5.68. The van der Waals surface area contributed by atoms with Crippen molar-refractivity contribution in [3.8, 4) is 0 Å². The molecule has 3 fully saturated rings. The highest BCUT2D eigenvalue weighted by Crippen LogP contribution is 2.49. The van der Waals surface area contributed by atoms with Crippen molar-refractivity contribution in [2.24, 2.45) is 17.8 Å². The van der Waals surface area contributed by atoms with Crippen LogP contribution in [0.2, 0.25) is 0 Å². The highest BCUT2D eigenvalue weighted by atomic mass is 16.2. The van der Waals surface area contributed by atoms with Crippen LogP contribution >= 0.6 is 0 Å². The molecule has 1 aromatic carbocycles. The second-order valence-electron chi connectivity index (χ2n) is 7.51. The van der Waals surface area contributed by atoms with Gasteiger partial charge in [-0.3, -0.25) is 9.59 Å². The van der Waals surface area contributed by atoms with Crippen LogP contribution in [0.4, 0.5) is 5.69 Å². The lowest BCUT2D eigenvalue weighted by molar-refractivity contribution is -0.117. The Bertz CT molecular complexity index is 606. The van der Waals surface area contributed by atoms with E-state index in [1.807, 2.05) is 12.1 Å². The van der Waals surface area contributed by atoms with E-state index >= 15 is 0 Å². The van der Waals surface area contributed by atoms with Gasteiger partial charge < -0.3 is 10.6 Å². The zero-order valence-corrected chi connectivity index (χ0v) is 13.4. The minimum atomic E-state index is -0.0210. The quantitative estimate of drug-likeness (QED) is 0.876. The van der Waals surface area contributed by atoms with Crippen LogP contribution in [0.1, 0.15) is 55.3 Å². The van der Waals surface area contributed by atoms with Gasteiger partial charge in [-0.2, -0.15) is 0 Å². The summed E-state index contributed by atoms with van der Waals surface area (Å²) in [5.74, 6) is 2.32. The van der Waals surface area contributed by atoms with Crippen LogP contribution in [0.3, 0.4) is 0 Å². The van der Waals surface area contributed by atoms with Crippen LogP contribution in [-0.2, 0) is 4.79 Å². The molecule has 1 aromatic rings. The van der Waals surface area contributed by atoms with E-state index in [2.05, 4.69) is 10.6 Å². The van der Waals surface area contributed by atoms with Crippen molar-refractivity contribution < 1.29 is 9.59 Å². The topological polar surface area (TPSA) is 58.2 Å². The highest BCUT2D eigenvalue weighted by molar-refractivity contribution is 5.96. The maximum atomic E-state index is 12.2. The molecule has 0 heterocycles. The monoisotopic (exact) mass is 312 g/mol. The molecule has 0 aromatic heterocycles. The second kappa shape index (κ2) is 5.99. The molecule has 0 spiro atoms. The molecule has 3 saturated carbocycles. The molecule has 3 unspecified atom stereocenters. The Morgan fingerprint density at radius 2 is 1.78 bits per heavy atom. The molecule has 4 heteroatoms. The van der Waals surface area contributed by atoms with Gasteiger partial charge in [-0.1, -0.05) is 6.42 Å². The SMILES string of the molecule is O=C(CC1CC2CCC1C2)Nc1ccc(C(=O)NC2CC2)cc1. The molecule has 0 aliphatic heterocycles. The lowest BCUT2D eigenvalue weighted by Gasteiger charge is -2.20. The van der Waals surface area contributed by atoms with Gasteiger partial charge in [-0.15, -0.1) is 0 Å². The normalized spacial score (nSPS) is 28.6. The van der Waals surface area contributed by atoms with E-state index in [-0.39, 0.29) is 11.8 Å². The lowest BCUT2D eigenvalue weighted by Crippen LogP contribution is -2.25. The van der Waals surface area contributed by atoms with Gasteiger partial charge in [0.1, 0.15) is 0 Å². The average Bonchev–Trinajstić information content (AvgIpc) is 3.10. The minimum absolute atomic E-state index is 0.0210. The molecular weight excluding hydrogens is 288 g/mol. The maximum absolute atomic E-state index is 12.2. The average molecular weight is 312 g/mol. The van der Waals surface area contributed by atoms with Crippen LogP contribution in [0.5, 0.6) is 0 Å². The Balaban J connectivity index is 1.29. The van der Waals surface area contributed by atoms with Gasteiger partial charge in [0.05, 0.1) is 0 Å². The summed E-state index contributed by atoms with van der Waals surface area (Å²) in [5, 5.41) is 5.94. The Kier molecular flexibility index (Phi) is 3.83. The predicted octanol–water partition coefficient (Wildman–Crippen LogP) is 3.34. The summed E-state index contributed by atoms with van der Waals surface area (Å²) in [6.45, 7) is 0. The van der Waals surface area contributed by atoms with Crippen molar-refractivity contribution in [3.63, 3.8) is 0 Å². The summed E-state index contributed by atoms with van der Waals surface area (Å²) < 4.78 is 0. The number of nitrogens with one attached hydrogen (secondary N) is 2. The zero-order valence-electron chi connectivity index (χ0n) is 13.4. The molecule has 3 aliphatic rings. The summed E-state index contributed by atoms with van der Waals surface area (Å²) in [6.07, 6.45) is 8.07. The number of fused-ring (bicyclic) bond motifs is 2. The largest absolute Gasteiger partial charge is 0.349 e. The first-order valence-corrected chi connectivity index (χ1v) is 8.88. The zero-order chi connectivity index (χ0) is 15.8. The van der Waals surface area contributed by atoms with Crippen molar-refractivity contribution in [1.82, 2.24) is 5.32 Å². The number of hydrogen-bond acceptors (Lipinski definition) is 2. The predicted molar refractivity (Wildman–Crippen MR) is 89.1 cm³/mol. The Morgan fingerprint density at radius 3 is 2.39 bits per heavy atom. The highest BCUT2D eigenvalue weighted by Gasteiger charge is 2.40. The molecular formula is C19H24N2O2. The molecule has 122 valence electrons. The summed E-state index contributed by atoms with van der Waals surface area (Å²) in [5.41, 5.74) is 1.43. The van der Waals surface area contributed by atoms with Gasteiger partial charge in [0.25, 0.3) is 5.91 Å². The van der Waals surface area contributed by atoms with Gasteiger partial charge in [-0.05, 0) is 74.1 Å². The van der Waals surface area contributed by atoms with Crippen molar-refractivity contribution in [3.05, 3.63) is 29.8 Å². The number of benzene rings is 1. The number of carbonyl (C=O) groups excluding carboxylic acids is 2. The summed E-state index contributed by atoms with van der Waals surface area (Å²) in [4.78, 5) is 24.2. The first kappa shape index (κ1) is 14.7. The van der Waals surface area contributed by atoms with E-state index in [0.717, 1.165) is 30.4 Å². The van der Waals surface area contributed by atoms with Gasteiger partial charge in [-0.25, -0.2) is 0 Å². The second-order valence-corrected chi connectivity index (χ2v) is 7.51. The molecule has 2 N–H and O–H groups in total. The first-order valence-electron chi connectivity index (χ1n) is 8.88. The maximum Gasteiger partial charge on any atom is 0.251 e. The molecule has 4 nitrogen and oxygen atoms in total. The Hall–Kier alpha value is -1.84. The minimum Gasteiger partial charge on any atom is -0.349 e. The number of rotatable bonds is 5. The van der Waals surface area contributed by atoms with Gasteiger partial charge in [0, 0.05) is 23.7 Å². The Labute approximate surface area is 137 Å². The molecule has 23 heavy (non-hydrogen) atoms. The van der Waals surface area contributed by atoms with Crippen LogP contribution in [0.15, 0.2) is 24.3 Å². The van der Waals surface area contributed by atoms with E-state index < -0.39 is 0 Å². The third-order valence-corrected chi connectivity index (χ3v) is 5.68. The van der Waals surface area contributed by atoms with Gasteiger partial charge >= 0.3 is 0 Å². The van der Waals surface area contributed by atoms with E-state index in [0.29, 0.717) is 23.9 Å². The van der Waals surface area contributed by atoms with Crippen molar-refractivity contribution in [2.45, 2.75) is 51.0 Å². The third kappa shape index (κ3) is 3.41. The molecule has 0 saturated heterocycles. The summed E-state index contributed by atoms with van der Waals surface area (Å²) in [6, 6.07) is 7.57. The summed E-state index contributed by atoms with van der Waals surface area (Å²) in [7, 11) is 0. The fourth-order valence-corrected chi connectivity index (χ4v) is 4.28. The van der Waals surface area contributed by atoms with E-state index in [4.69, 9.17) is 0 Å². The van der Waals surface area contributed by atoms with Crippen LogP contribution in [0, 0.1) is 17.8 Å². The van der Waals surface area contributed by atoms with Crippen molar-refractivity contribution in [1.29, 1.82) is 0 Å². The molecule has 3 aliphatic carbocycles. The Morgan fingerprint density at radius 1 is 1.00 bits per heavy atom. The van der Waals surface area contributed by atoms with Crippen LogP contribution in [-0.4, -0.2) is 17.9 Å². The van der Waals surface area contributed by atoms with Gasteiger partial charge in [0.2, 0.25) is 5.91 Å². The fourth-order valence-electron chi connectivity index (χ4n) is 4.28. The van der Waals surface area contributed by atoms with Crippen molar-refractivity contribution >= 4 is 17.5 Å². The molecule has 3 atom stereocenters. The van der Waals surface area contributed by atoms with E-state index in [1.54, 1.807) is 12.1 Å². The molecule has 4 rings (SSSR count). The van der Waals surface area contributed by atoms with Gasteiger partial charge in [0.15, 0.2) is 0 Å². The van der Waals surface area contributed by atoms with E-state index in [9.17, 15) is 9.59 Å².